The Labute approximate surface area is 176 Å². The van der Waals surface area contributed by atoms with Crippen molar-refractivity contribution < 1.29 is 9.53 Å². The maximum absolute atomic E-state index is 13.5. The highest BCUT2D eigenvalue weighted by atomic mass is 32.1. The summed E-state index contributed by atoms with van der Waals surface area (Å²) in [5.41, 5.74) is 3.77. The van der Waals surface area contributed by atoms with Crippen LogP contribution in [0.2, 0.25) is 0 Å². The number of anilines is 1. The smallest absolute Gasteiger partial charge is 0.260 e. The van der Waals surface area contributed by atoms with Gasteiger partial charge in [0.1, 0.15) is 5.75 Å². The molecule has 0 N–H and O–H groups in total. The normalized spacial score (nSPS) is 11.2. The number of hydrogen-bond donors (Lipinski definition) is 0. The number of likely N-dealkylation sites (N-methyl/N-ethyl adjacent to an activating group) is 1. The first-order valence-corrected chi connectivity index (χ1v) is 10.8. The van der Waals surface area contributed by atoms with Crippen LogP contribution in [0.25, 0.3) is 10.2 Å². The third-order valence-electron chi connectivity index (χ3n) is 5.06. The standard InChI is InChI=1S/C23H29N3O2S/c1-6-25(7-2)10-11-26(22(27)18-13-16(3)12-17(4)14-18)23-24-20-9-8-19(28-5)15-21(20)29-23/h8-9,12-15H,6-7,10-11H2,1-5H3. The Morgan fingerprint density at radius 3 is 2.34 bits per heavy atom. The number of thiazole rings is 1. The number of ether oxygens (including phenoxy) is 1. The van der Waals surface area contributed by atoms with Gasteiger partial charge in [0.15, 0.2) is 5.13 Å². The molecule has 0 radical (unpaired) electrons. The lowest BCUT2D eigenvalue weighted by molar-refractivity contribution is 0.0983. The van der Waals surface area contributed by atoms with E-state index in [0.717, 1.165) is 51.9 Å². The summed E-state index contributed by atoms with van der Waals surface area (Å²) in [4.78, 5) is 22.4. The average molecular weight is 412 g/mol. The minimum absolute atomic E-state index is 0.00465. The lowest BCUT2D eigenvalue weighted by Gasteiger charge is -2.25. The Hall–Kier alpha value is -2.44. The monoisotopic (exact) mass is 411 g/mol. The summed E-state index contributed by atoms with van der Waals surface area (Å²) in [7, 11) is 1.66. The van der Waals surface area contributed by atoms with Gasteiger partial charge < -0.3 is 9.64 Å². The van der Waals surface area contributed by atoms with Crippen molar-refractivity contribution in [2.75, 3.05) is 38.2 Å². The first-order valence-electron chi connectivity index (χ1n) is 10.0. The van der Waals surface area contributed by atoms with Crippen LogP contribution in [0.3, 0.4) is 0 Å². The van der Waals surface area contributed by atoms with Gasteiger partial charge in [-0.25, -0.2) is 4.98 Å². The number of aryl methyl sites for hydroxylation is 2. The van der Waals surface area contributed by atoms with Crippen molar-refractivity contribution in [2.45, 2.75) is 27.7 Å². The van der Waals surface area contributed by atoms with Gasteiger partial charge in [-0.05, 0) is 57.3 Å². The molecule has 0 fully saturated rings. The van der Waals surface area contributed by atoms with Crippen LogP contribution in [0, 0.1) is 13.8 Å². The molecule has 29 heavy (non-hydrogen) atoms. The van der Waals surface area contributed by atoms with Gasteiger partial charge in [-0.2, -0.15) is 0 Å². The Bertz CT molecular complexity index is 975. The molecule has 0 bridgehead atoms. The molecular weight excluding hydrogens is 382 g/mol. The topological polar surface area (TPSA) is 45.7 Å². The number of rotatable bonds is 8. The number of aromatic nitrogens is 1. The van der Waals surface area contributed by atoms with E-state index >= 15 is 0 Å². The predicted octanol–water partition coefficient (Wildman–Crippen LogP) is 4.91. The second-order valence-corrected chi connectivity index (χ2v) is 8.20. The number of nitrogens with zero attached hydrogens (tertiary/aromatic N) is 3. The van der Waals surface area contributed by atoms with Crippen molar-refractivity contribution in [2.24, 2.45) is 0 Å². The predicted molar refractivity (Wildman–Crippen MR) is 122 cm³/mol. The average Bonchev–Trinajstić information content (AvgIpc) is 3.12. The van der Waals surface area contributed by atoms with E-state index in [1.165, 1.54) is 11.3 Å². The van der Waals surface area contributed by atoms with Gasteiger partial charge in [-0.1, -0.05) is 42.4 Å². The van der Waals surface area contributed by atoms with Gasteiger partial charge >= 0.3 is 0 Å². The number of benzene rings is 2. The molecule has 154 valence electrons. The van der Waals surface area contributed by atoms with Crippen LogP contribution < -0.4 is 9.64 Å². The van der Waals surface area contributed by atoms with Crippen molar-refractivity contribution in [3.05, 3.63) is 53.1 Å². The minimum atomic E-state index is -0.00465. The summed E-state index contributed by atoms with van der Waals surface area (Å²) in [6.45, 7) is 11.7. The highest BCUT2D eigenvalue weighted by molar-refractivity contribution is 7.22. The molecule has 0 unspecified atom stereocenters. The lowest BCUT2D eigenvalue weighted by atomic mass is 10.1. The number of methoxy groups -OCH3 is 1. The molecule has 6 heteroatoms. The fraction of sp³-hybridized carbons (Fsp3) is 0.391. The number of amides is 1. The number of carbonyl (C=O) groups is 1. The first kappa shape index (κ1) is 21.3. The van der Waals surface area contributed by atoms with Crippen molar-refractivity contribution in [3.8, 4) is 5.75 Å². The number of carbonyl (C=O) groups excluding carboxylic acids is 1. The van der Waals surface area contributed by atoms with Crippen molar-refractivity contribution in [3.63, 3.8) is 0 Å². The van der Waals surface area contributed by atoms with Gasteiger partial charge in [-0.15, -0.1) is 0 Å². The first-order chi connectivity index (χ1) is 13.9. The van der Waals surface area contributed by atoms with Crippen LogP contribution >= 0.6 is 11.3 Å². The van der Waals surface area contributed by atoms with E-state index in [0.29, 0.717) is 12.1 Å². The van der Waals surface area contributed by atoms with Crippen LogP contribution in [0.5, 0.6) is 5.75 Å². The molecule has 0 aliphatic heterocycles. The molecule has 3 rings (SSSR count). The second-order valence-electron chi connectivity index (χ2n) is 7.19. The molecule has 1 aromatic heterocycles. The molecule has 1 amide bonds. The van der Waals surface area contributed by atoms with E-state index in [1.807, 2.05) is 49.1 Å². The molecule has 0 saturated carbocycles. The van der Waals surface area contributed by atoms with E-state index in [2.05, 4.69) is 24.8 Å². The highest BCUT2D eigenvalue weighted by Crippen LogP contribution is 2.32. The van der Waals surface area contributed by atoms with Gasteiger partial charge in [0.05, 0.1) is 17.3 Å². The van der Waals surface area contributed by atoms with Gasteiger partial charge in [0.25, 0.3) is 5.91 Å². The second kappa shape index (κ2) is 9.37. The van der Waals surface area contributed by atoms with Gasteiger partial charge in [-0.3, -0.25) is 9.69 Å². The summed E-state index contributed by atoms with van der Waals surface area (Å²) in [6.07, 6.45) is 0. The van der Waals surface area contributed by atoms with E-state index < -0.39 is 0 Å². The molecule has 0 atom stereocenters. The fourth-order valence-electron chi connectivity index (χ4n) is 3.45. The Kier molecular flexibility index (Phi) is 6.87. The summed E-state index contributed by atoms with van der Waals surface area (Å²) in [6, 6.07) is 11.8. The zero-order chi connectivity index (χ0) is 21.0. The van der Waals surface area contributed by atoms with Crippen molar-refractivity contribution in [1.29, 1.82) is 0 Å². The molecule has 5 nitrogen and oxygen atoms in total. The molecule has 2 aromatic carbocycles. The Balaban J connectivity index is 1.99. The molecule has 0 aliphatic carbocycles. The molecule has 0 spiro atoms. The van der Waals surface area contributed by atoms with E-state index in [-0.39, 0.29) is 5.91 Å². The maximum atomic E-state index is 13.5. The van der Waals surface area contributed by atoms with Gasteiger partial charge in [0.2, 0.25) is 0 Å². The quantitative estimate of drug-likeness (QED) is 0.528. The number of fused-ring (bicyclic) bond motifs is 1. The molecule has 0 aliphatic rings. The molecule has 1 heterocycles. The molecule has 3 aromatic rings. The van der Waals surface area contributed by atoms with Crippen LogP contribution in [0.15, 0.2) is 36.4 Å². The van der Waals surface area contributed by atoms with Crippen LogP contribution in [0.1, 0.15) is 35.3 Å². The van der Waals surface area contributed by atoms with E-state index in [9.17, 15) is 4.79 Å². The third kappa shape index (κ3) is 4.95. The summed E-state index contributed by atoms with van der Waals surface area (Å²) in [5, 5.41) is 0.726. The number of hydrogen-bond acceptors (Lipinski definition) is 5. The van der Waals surface area contributed by atoms with E-state index in [4.69, 9.17) is 9.72 Å². The van der Waals surface area contributed by atoms with Crippen LogP contribution in [0.4, 0.5) is 5.13 Å². The van der Waals surface area contributed by atoms with Gasteiger partial charge in [0, 0.05) is 18.7 Å². The van der Waals surface area contributed by atoms with Crippen molar-refractivity contribution in [1.82, 2.24) is 9.88 Å². The summed E-state index contributed by atoms with van der Waals surface area (Å²) in [5.74, 6) is 0.790. The molecular formula is C23H29N3O2S. The maximum Gasteiger partial charge on any atom is 0.260 e. The zero-order valence-electron chi connectivity index (χ0n) is 17.9. The molecule has 0 saturated heterocycles. The van der Waals surface area contributed by atoms with Crippen LogP contribution in [-0.4, -0.2) is 49.1 Å². The lowest BCUT2D eigenvalue weighted by Crippen LogP contribution is -2.39. The SMILES string of the molecule is CCN(CC)CCN(C(=O)c1cc(C)cc(C)c1)c1nc2ccc(OC)cc2s1. The largest absolute Gasteiger partial charge is 0.497 e. The summed E-state index contributed by atoms with van der Waals surface area (Å²) >= 11 is 1.53. The zero-order valence-corrected chi connectivity index (χ0v) is 18.7. The minimum Gasteiger partial charge on any atom is -0.497 e. The van der Waals surface area contributed by atoms with Crippen molar-refractivity contribution >= 4 is 32.6 Å². The highest BCUT2D eigenvalue weighted by Gasteiger charge is 2.22. The Morgan fingerprint density at radius 2 is 1.72 bits per heavy atom. The summed E-state index contributed by atoms with van der Waals surface area (Å²) < 4.78 is 6.35. The van der Waals surface area contributed by atoms with Crippen LogP contribution in [-0.2, 0) is 0 Å². The Morgan fingerprint density at radius 1 is 1.03 bits per heavy atom. The van der Waals surface area contributed by atoms with E-state index in [1.54, 1.807) is 7.11 Å². The fourth-order valence-corrected chi connectivity index (χ4v) is 4.47. The third-order valence-corrected chi connectivity index (χ3v) is 6.10.